The summed E-state index contributed by atoms with van der Waals surface area (Å²) in [5.41, 5.74) is 2.35. The van der Waals surface area contributed by atoms with E-state index in [1.54, 1.807) is 36.4 Å². The van der Waals surface area contributed by atoms with Crippen molar-refractivity contribution < 1.29 is 14.4 Å². The normalized spacial score (nSPS) is 14.1. The summed E-state index contributed by atoms with van der Waals surface area (Å²) >= 11 is 0. The molecule has 0 fully saturated rings. The highest BCUT2D eigenvalue weighted by molar-refractivity contribution is 6.52. The summed E-state index contributed by atoms with van der Waals surface area (Å²) in [6, 6.07) is 24.7. The highest BCUT2D eigenvalue weighted by Crippen LogP contribution is 2.38. The molecule has 3 aromatic carbocycles. The van der Waals surface area contributed by atoms with Gasteiger partial charge in [0.2, 0.25) is 0 Å². The van der Waals surface area contributed by atoms with Gasteiger partial charge in [0, 0.05) is 12.0 Å². The van der Waals surface area contributed by atoms with Gasteiger partial charge in [-0.1, -0.05) is 72.8 Å². The van der Waals surface area contributed by atoms with Crippen LogP contribution in [0.5, 0.6) is 0 Å². The smallest absolute Gasteiger partial charge is 0.297 e. The minimum Gasteiger partial charge on any atom is -0.297 e. The second-order valence-electron chi connectivity index (χ2n) is 6.44. The fraction of sp³-hybridized carbons (Fsp3) is 0.0870. The molecule has 0 radical (unpaired) electrons. The van der Waals surface area contributed by atoms with E-state index in [1.807, 2.05) is 48.5 Å². The highest BCUT2D eigenvalue weighted by atomic mass is 16.2. The average Bonchev–Trinajstić information content (AvgIpc) is 2.98. The van der Waals surface area contributed by atoms with E-state index in [0.29, 0.717) is 16.8 Å². The number of fused-ring (bicyclic) bond motifs is 1. The lowest BCUT2D eigenvalue weighted by molar-refractivity contribution is -0.114. The van der Waals surface area contributed by atoms with E-state index in [1.165, 1.54) is 4.90 Å². The molecule has 1 aliphatic heterocycles. The predicted octanol–water partition coefficient (Wildman–Crippen LogP) is 4.23. The minimum atomic E-state index is -0.592. The van der Waals surface area contributed by atoms with E-state index in [9.17, 15) is 14.4 Å². The maximum atomic E-state index is 12.9. The third-order valence-electron chi connectivity index (χ3n) is 4.79. The molecule has 0 saturated heterocycles. The highest BCUT2D eigenvalue weighted by Gasteiger charge is 2.40. The summed E-state index contributed by atoms with van der Waals surface area (Å²) in [6.07, 6.45) is 0.0986. The minimum absolute atomic E-state index is 0.0749. The van der Waals surface area contributed by atoms with E-state index in [0.717, 1.165) is 5.56 Å². The molecule has 132 valence electrons. The maximum Gasteiger partial charge on any atom is 0.300 e. The SMILES string of the molecule is O=C(CC(c1ccccc1)N1C(=O)C(=O)c2ccccc21)c1ccccc1. The number of carbonyl (C=O) groups is 3. The van der Waals surface area contributed by atoms with Crippen LogP contribution in [-0.2, 0) is 4.79 Å². The number of nitrogens with zero attached hydrogens (tertiary/aromatic N) is 1. The van der Waals surface area contributed by atoms with Crippen LogP contribution in [0.4, 0.5) is 5.69 Å². The van der Waals surface area contributed by atoms with E-state index in [-0.39, 0.29) is 12.2 Å². The van der Waals surface area contributed by atoms with E-state index < -0.39 is 17.7 Å². The van der Waals surface area contributed by atoms with Crippen LogP contribution in [0.2, 0.25) is 0 Å². The second kappa shape index (κ2) is 7.00. The first-order valence-electron chi connectivity index (χ1n) is 8.77. The van der Waals surface area contributed by atoms with E-state index in [2.05, 4.69) is 0 Å². The van der Waals surface area contributed by atoms with Crippen molar-refractivity contribution in [3.8, 4) is 0 Å². The number of Topliss-reactive ketones (excluding diaryl/α,β-unsaturated/α-hetero) is 2. The van der Waals surface area contributed by atoms with Gasteiger partial charge in [-0.25, -0.2) is 0 Å². The summed E-state index contributed by atoms with van der Waals surface area (Å²) in [5.74, 6) is -1.20. The van der Waals surface area contributed by atoms with Crippen LogP contribution in [-0.4, -0.2) is 17.5 Å². The molecule has 1 aliphatic rings. The molecule has 0 saturated carbocycles. The number of hydrogen-bond donors (Lipinski definition) is 0. The number of amides is 1. The van der Waals surface area contributed by atoms with Crippen LogP contribution in [0.15, 0.2) is 84.9 Å². The first-order valence-corrected chi connectivity index (χ1v) is 8.77. The molecule has 1 unspecified atom stereocenters. The van der Waals surface area contributed by atoms with Gasteiger partial charge in [-0.2, -0.15) is 0 Å². The Bertz CT molecular complexity index is 1010. The Morgan fingerprint density at radius 2 is 1.37 bits per heavy atom. The molecular formula is C23H17NO3. The van der Waals surface area contributed by atoms with Crippen molar-refractivity contribution in [2.75, 3.05) is 4.90 Å². The topological polar surface area (TPSA) is 54.5 Å². The molecule has 4 nitrogen and oxygen atoms in total. The molecule has 1 atom stereocenters. The average molecular weight is 355 g/mol. The summed E-state index contributed by atoms with van der Waals surface area (Å²) in [4.78, 5) is 39.5. The van der Waals surface area contributed by atoms with Gasteiger partial charge in [0.15, 0.2) is 5.78 Å². The van der Waals surface area contributed by atoms with Gasteiger partial charge in [0.25, 0.3) is 11.7 Å². The molecule has 4 rings (SSSR count). The lowest BCUT2D eigenvalue weighted by Gasteiger charge is -2.28. The standard InChI is InChI=1S/C23H17NO3/c25-21(17-11-5-2-6-12-17)15-20(16-9-3-1-4-10-16)24-19-14-8-7-13-18(19)22(26)23(24)27/h1-14,20H,15H2. The summed E-state index contributed by atoms with van der Waals surface area (Å²) < 4.78 is 0. The molecule has 0 bridgehead atoms. The third kappa shape index (κ3) is 3.06. The number of rotatable bonds is 5. The van der Waals surface area contributed by atoms with Crippen molar-refractivity contribution in [1.82, 2.24) is 0 Å². The quantitative estimate of drug-likeness (QED) is 0.508. The lowest BCUT2D eigenvalue weighted by atomic mass is 9.96. The molecule has 1 amide bonds. The zero-order valence-corrected chi connectivity index (χ0v) is 14.5. The number of hydrogen-bond acceptors (Lipinski definition) is 3. The van der Waals surface area contributed by atoms with E-state index in [4.69, 9.17) is 0 Å². The Hall–Kier alpha value is -3.53. The Balaban J connectivity index is 1.77. The summed E-state index contributed by atoms with van der Waals surface area (Å²) in [6.45, 7) is 0. The molecule has 3 aromatic rings. The van der Waals surface area contributed by atoms with Gasteiger partial charge in [-0.05, 0) is 17.7 Å². The van der Waals surface area contributed by atoms with Crippen LogP contribution in [0.1, 0.15) is 38.7 Å². The molecule has 0 N–H and O–H groups in total. The van der Waals surface area contributed by atoms with Crippen LogP contribution in [0.3, 0.4) is 0 Å². The first kappa shape index (κ1) is 16.9. The van der Waals surface area contributed by atoms with Crippen molar-refractivity contribution in [3.63, 3.8) is 0 Å². The zero-order chi connectivity index (χ0) is 18.8. The third-order valence-corrected chi connectivity index (χ3v) is 4.79. The van der Waals surface area contributed by atoms with Crippen molar-refractivity contribution >= 4 is 23.2 Å². The largest absolute Gasteiger partial charge is 0.300 e. The Morgan fingerprint density at radius 1 is 0.778 bits per heavy atom. The van der Waals surface area contributed by atoms with Gasteiger partial charge in [-0.15, -0.1) is 0 Å². The number of ketones is 2. The number of para-hydroxylation sites is 1. The van der Waals surface area contributed by atoms with Gasteiger partial charge in [-0.3, -0.25) is 19.3 Å². The Kier molecular flexibility index (Phi) is 4.38. The summed E-state index contributed by atoms with van der Waals surface area (Å²) in [7, 11) is 0. The molecular weight excluding hydrogens is 338 g/mol. The Morgan fingerprint density at radius 3 is 2.07 bits per heavy atom. The fourth-order valence-electron chi connectivity index (χ4n) is 3.47. The van der Waals surface area contributed by atoms with Gasteiger partial charge >= 0.3 is 0 Å². The molecule has 27 heavy (non-hydrogen) atoms. The second-order valence-corrected chi connectivity index (χ2v) is 6.44. The molecule has 0 spiro atoms. The van der Waals surface area contributed by atoms with Gasteiger partial charge in [0.05, 0.1) is 17.3 Å². The molecule has 4 heteroatoms. The fourth-order valence-corrected chi connectivity index (χ4v) is 3.47. The first-order chi connectivity index (χ1) is 13.2. The van der Waals surface area contributed by atoms with E-state index >= 15 is 0 Å². The predicted molar refractivity (Wildman–Crippen MR) is 103 cm³/mol. The van der Waals surface area contributed by atoms with Gasteiger partial charge in [0.1, 0.15) is 0 Å². The lowest BCUT2D eigenvalue weighted by Crippen LogP contribution is -2.35. The zero-order valence-electron chi connectivity index (χ0n) is 14.5. The molecule has 1 heterocycles. The van der Waals surface area contributed by atoms with Crippen LogP contribution < -0.4 is 4.90 Å². The maximum absolute atomic E-state index is 12.9. The summed E-state index contributed by atoms with van der Waals surface area (Å²) in [5, 5.41) is 0. The number of anilines is 1. The van der Waals surface area contributed by atoms with Crippen LogP contribution >= 0.6 is 0 Å². The van der Waals surface area contributed by atoms with Crippen molar-refractivity contribution in [1.29, 1.82) is 0 Å². The van der Waals surface area contributed by atoms with Crippen molar-refractivity contribution in [2.45, 2.75) is 12.5 Å². The van der Waals surface area contributed by atoms with Crippen LogP contribution in [0.25, 0.3) is 0 Å². The van der Waals surface area contributed by atoms with Gasteiger partial charge < -0.3 is 0 Å². The Labute approximate surface area is 157 Å². The number of carbonyl (C=O) groups excluding carboxylic acids is 3. The molecule has 0 aromatic heterocycles. The monoisotopic (exact) mass is 355 g/mol. The number of benzene rings is 3. The molecule has 0 aliphatic carbocycles. The van der Waals surface area contributed by atoms with Crippen molar-refractivity contribution in [2.24, 2.45) is 0 Å². The van der Waals surface area contributed by atoms with Crippen LogP contribution in [0, 0.1) is 0 Å². The van der Waals surface area contributed by atoms with Crippen molar-refractivity contribution in [3.05, 3.63) is 102 Å².